The number of fused-ring (bicyclic) bond motifs is 1. The van der Waals surface area contributed by atoms with Gasteiger partial charge in [0.2, 0.25) is 5.91 Å². The van der Waals surface area contributed by atoms with Crippen LogP contribution < -0.4 is 15.0 Å². The van der Waals surface area contributed by atoms with E-state index in [1.165, 1.54) is 47.4 Å². The topological polar surface area (TPSA) is 102 Å². The van der Waals surface area contributed by atoms with Gasteiger partial charge in [0.1, 0.15) is 11.9 Å². The zero-order valence-corrected chi connectivity index (χ0v) is 16.1. The second-order valence-corrected chi connectivity index (χ2v) is 7.07. The molecule has 0 aliphatic carbocycles. The number of non-ortho nitro benzene ring substituents is 1. The van der Waals surface area contributed by atoms with Crippen molar-refractivity contribution in [2.75, 3.05) is 10.2 Å². The zero-order chi connectivity index (χ0) is 21.3. The summed E-state index contributed by atoms with van der Waals surface area (Å²) in [5.74, 6) is -1.39. The van der Waals surface area contributed by atoms with Gasteiger partial charge < -0.3 is 10.1 Å². The average molecular weight is 401 g/mol. The molecule has 0 spiro atoms. The van der Waals surface area contributed by atoms with Gasteiger partial charge in [-0.05, 0) is 43.2 Å². The van der Waals surface area contributed by atoms with E-state index in [9.17, 15) is 24.1 Å². The number of hydrogen-bond donors (Lipinski definition) is 1. The maximum atomic E-state index is 13.1. The van der Waals surface area contributed by atoms with Gasteiger partial charge in [0.05, 0.1) is 16.7 Å². The normalized spacial score (nSPS) is 16.8. The minimum absolute atomic E-state index is 0.166. The van der Waals surface area contributed by atoms with Crippen LogP contribution in [0.25, 0.3) is 0 Å². The van der Waals surface area contributed by atoms with Crippen LogP contribution in [0.15, 0.2) is 42.5 Å². The lowest BCUT2D eigenvalue weighted by atomic mass is 10.0. The van der Waals surface area contributed by atoms with E-state index in [2.05, 4.69) is 5.32 Å². The average Bonchev–Trinajstić information content (AvgIpc) is 2.68. The van der Waals surface area contributed by atoms with Crippen LogP contribution in [0.3, 0.4) is 0 Å². The summed E-state index contributed by atoms with van der Waals surface area (Å²) in [6.45, 7) is 5.11. The van der Waals surface area contributed by atoms with Gasteiger partial charge >= 0.3 is 0 Å². The van der Waals surface area contributed by atoms with E-state index in [0.29, 0.717) is 5.69 Å². The lowest BCUT2D eigenvalue weighted by molar-refractivity contribution is -0.384. The van der Waals surface area contributed by atoms with Crippen LogP contribution in [0.1, 0.15) is 20.8 Å². The second-order valence-electron chi connectivity index (χ2n) is 7.07. The van der Waals surface area contributed by atoms with Crippen LogP contribution in [-0.4, -0.2) is 28.9 Å². The van der Waals surface area contributed by atoms with Crippen molar-refractivity contribution >= 4 is 28.9 Å². The Labute approximate surface area is 166 Å². The Morgan fingerprint density at radius 2 is 1.86 bits per heavy atom. The third-order valence-corrected chi connectivity index (χ3v) is 4.63. The smallest absolute Gasteiger partial charge is 0.273 e. The number of anilines is 2. The predicted molar refractivity (Wildman–Crippen MR) is 104 cm³/mol. The van der Waals surface area contributed by atoms with Crippen molar-refractivity contribution < 1.29 is 23.6 Å². The van der Waals surface area contributed by atoms with Crippen molar-refractivity contribution in [2.45, 2.75) is 32.9 Å². The Morgan fingerprint density at radius 1 is 1.21 bits per heavy atom. The van der Waals surface area contributed by atoms with E-state index >= 15 is 0 Å². The Morgan fingerprint density at radius 3 is 2.45 bits per heavy atom. The molecule has 0 saturated carbocycles. The number of ether oxygens (including phenoxy) is 1. The first-order chi connectivity index (χ1) is 13.7. The number of nitro groups is 1. The molecular weight excluding hydrogens is 381 g/mol. The van der Waals surface area contributed by atoms with E-state index < -0.39 is 34.7 Å². The number of carbonyl (C=O) groups is 2. The number of rotatable bonds is 5. The molecule has 2 aromatic carbocycles. The molecule has 1 N–H and O–H groups in total. The highest BCUT2D eigenvalue weighted by molar-refractivity contribution is 6.08. The Hall–Kier alpha value is -3.49. The maximum absolute atomic E-state index is 13.1. The number of nitro benzene ring substituents is 1. The van der Waals surface area contributed by atoms with Gasteiger partial charge in [0.15, 0.2) is 11.9 Å². The second kappa shape index (κ2) is 7.86. The number of hydrogen-bond acceptors (Lipinski definition) is 5. The minimum Gasteiger partial charge on any atom is -0.478 e. The standard InChI is InChI=1S/C20H20FN3O5/c1-11(2)18-20(26)23(16-9-8-15(24(27)28)10-17(16)29-18)12(3)19(25)22-14-6-4-13(21)5-7-14/h4-12,18H,1-3H3,(H,22,25). The zero-order valence-electron chi connectivity index (χ0n) is 16.1. The molecule has 1 aliphatic heterocycles. The lowest BCUT2D eigenvalue weighted by Gasteiger charge is -2.38. The van der Waals surface area contributed by atoms with Gasteiger partial charge in [0, 0.05) is 11.8 Å². The van der Waals surface area contributed by atoms with Crippen molar-refractivity contribution in [3.05, 3.63) is 58.4 Å². The van der Waals surface area contributed by atoms with E-state index in [0.717, 1.165) is 0 Å². The molecule has 29 heavy (non-hydrogen) atoms. The Balaban J connectivity index is 1.95. The van der Waals surface area contributed by atoms with Gasteiger partial charge in [0.25, 0.3) is 11.6 Å². The third-order valence-electron chi connectivity index (χ3n) is 4.63. The Bertz CT molecular complexity index is 961. The van der Waals surface area contributed by atoms with Gasteiger partial charge in [-0.15, -0.1) is 0 Å². The molecular formula is C20H20FN3O5. The van der Waals surface area contributed by atoms with Crippen LogP contribution in [0.4, 0.5) is 21.5 Å². The number of amides is 2. The van der Waals surface area contributed by atoms with Crippen LogP contribution in [0.5, 0.6) is 5.75 Å². The number of nitrogens with one attached hydrogen (secondary N) is 1. The minimum atomic E-state index is -0.932. The number of halogens is 1. The van der Waals surface area contributed by atoms with Gasteiger partial charge in [-0.3, -0.25) is 24.6 Å². The van der Waals surface area contributed by atoms with E-state index in [1.54, 1.807) is 20.8 Å². The fraction of sp³-hybridized carbons (Fsp3) is 0.300. The van der Waals surface area contributed by atoms with Crippen molar-refractivity contribution in [3.63, 3.8) is 0 Å². The number of carbonyl (C=O) groups excluding carboxylic acids is 2. The molecule has 2 amide bonds. The van der Waals surface area contributed by atoms with Gasteiger partial charge in [-0.25, -0.2) is 4.39 Å². The van der Waals surface area contributed by atoms with E-state index in [-0.39, 0.29) is 23.0 Å². The molecule has 0 radical (unpaired) electrons. The van der Waals surface area contributed by atoms with Crippen molar-refractivity contribution in [2.24, 2.45) is 5.92 Å². The molecule has 2 atom stereocenters. The van der Waals surface area contributed by atoms with Crippen LogP contribution in [0, 0.1) is 21.8 Å². The Kier molecular flexibility index (Phi) is 5.49. The molecule has 1 heterocycles. The summed E-state index contributed by atoms with van der Waals surface area (Å²) in [7, 11) is 0. The van der Waals surface area contributed by atoms with Crippen LogP contribution in [-0.2, 0) is 9.59 Å². The number of benzene rings is 2. The summed E-state index contributed by atoms with van der Waals surface area (Å²) in [6.07, 6.45) is -0.884. The highest BCUT2D eigenvalue weighted by Gasteiger charge is 2.41. The first kappa shape index (κ1) is 20.2. The van der Waals surface area contributed by atoms with Crippen molar-refractivity contribution in [3.8, 4) is 5.75 Å². The fourth-order valence-electron chi connectivity index (χ4n) is 3.07. The van der Waals surface area contributed by atoms with Crippen molar-refractivity contribution in [1.82, 2.24) is 0 Å². The first-order valence-electron chi connectivity index (χ1n) is 9.03. The van der Waals surface area contributed by atoms with E-state index in [4.69, 9.17) is 4.74 Å². The maximum Gasteiger partial charge on any atom is 0.273 e. The SMILES string of the molecule is CC(C)C1Oc2cc([N+](=O)[O-])ccc2N(C(C)C(=O)Nc2ccc(F)cc2)C1=O. The summed E-state index contributed by atoms with van der Waals surface area (Å²) in [5, 5.41) is 13.7. The summed E-state index contributed by atoms with van der Waals surface area (Å²) in [6, 6.07) is 8.20. The molecule has 1 aliphatic rings. The molecule has 8 nitrogen and oxygen atoms in total. The highest BCUT2D eigenvalue weighted by Crippen LogP contribution is 2.39. The number of nitrogens with zero attached hydrogens (tertiary/aromatic N) is 2. The fourth-order valence-corrected chi connectivity index (χ4v) is 3.07. The monoisotopic (exact) mass is 401 g/mol. The summed E-state index contributed by atoms with van der Waals surface area (Å²) < 4.78 is 18.8. The quantitative estimate of drug-likeness (QED) is 0.610. The van der Waals surface area contributed by atoms with Crippen LogP contribution >= 0.6 is 0 Å². The first-order valence-corrected chi connectivity index (χ1v) is 9.03. The molecule has 152 valence electrons. The highest BCUT2D eigenvalue weighted by atomic mass is 19.1. The molecule has 0 saturated heterocycles. The summed E-state index contributed by atoms with van der Waals surface area (Å²) >= 11 is 0. The third kappa shape index (κ3) is 4.03. The van der Waals surface area contributed by atoms with E-state index in [1.807, 2.05) is 0 Å². The molecule has 2 unspecified atom stereocenters. The van der Waals surface area contributed by atoms with Gasteiger partial charge in [-0.1, -0.05) is 13.8 Å². The van der Waals surface area contributed by atoms with Crippen LogP contribution in [0.2, 0.25) is 0 Å². The summed E-state index contributed by atoms with van der Waals surface area (Å²) in [4.78, 5) is 37.6. The largest absolute Gasteiger partial charge is 0.478 e. The van der Waals surface area contributed by atoms with Crippen molar-refractivity contribution in [1.29, 1.82) is 0 Å². The lowest BCUT2D eigenvalue weighted by Crippen LogP contribution is -2.55. The predicted octanol–water partition coefficient (Wildman–Crippen LogP) is 3.51. The molecule has 9 heteroatoms. The molecule has 0 bridgehead atoms. The summed E-state index contributed by atoms with van der Waals surface area (Å²) in [5.41, 5.74) is 0.483. The molecule has 0 aromatic heterocycles. The molecule has 2 aromatic rings. The van der Waals surface area contributed by atoms with Gasteiger partial charge in [-0.2, -0.15) is 0 Å². The molecule has 0 fully saturated rings. The molecule has 3 rings (SSSR count).